The Morgan fingerprint density at radius 3 is 2.63 bits per heavy atom. The fraction of sp³-hybridized carbons (Fsp3) is 0.417. The van der Waals surface area contributed by atoms with E-state index in [0.717, 1.165) is 18.9 Å². The minimum Gasteiger partial charge on any atom is -0.300 e. The summed E-state index contributed by atoms with van der Waals surface area (Å²) < 4.78 is 14.2. The first-order valence-electron chi connectivity index (χ1n) is 5.91. The smallest absolute Gasteiger partial charge is 0.300 e. The van der Waals surface area contributed by atoms with Crippen molar-refractivity contribution in [1.29, 1.82) is 0 Å². The maximum absolute atomic E-state index is 13.8. The fourth-order valence-electron chi connectivity index (χ4n) is 2.74. The average Bonchev–Trinajstić information content (AvgIpc) is 2.98. The van der Waals surface area contributed by atoms with E-state index in [2.05, 4.69) is 15.9 Å². The molecule has 5 nitrogen and oxygen atoms in total. The van der Waals surface area contributed by atoms with Crippen LogP contribution in [0, 0.1) is 15.9 Å². The van der Waals surface area contributed by atoms with E-state index in [1.54, 1.807) is 0 Å². The number of halogens is 2. The maximum Gasteiger partial charge on any atom is 0.328 e. The highest BCUT2D eigenvalue weighted by atomic mass is 79.9. The lowest BCUT2D eigenvalue weighted by Crippen LogP contribution is -2.35. The Balaban J connectivity index is 2.19. The number of benzene rings is 1. The Kier molecular flexibility index (Phi) is 2.63. The van der Waals surface area contributed by atoms with Crippen LogP contribution in [0.2, 0.25) is 0 Å². The van der Waals surface area contributed by atoms with Crippen LogP contribution in [0.4, 0.5) is 15.8 Å². The molecule has 1 saturated carbocycles. The predicted molar refractivity (Wildman–Crippen MR) is 69.4 cm³/mol. The van der Waals surface area contributed by atoms with Gasteiger partial charge in [0.25, 0.3) is 0 Å². The van der Waals surface area contributed by atoms with Crippen molar-refractivity contribution in [3.63, 3.8) is 0 Å². The van der Waals surface area contributed by atoms with Crippen LogP contribution < -0.4 is 4.90 Å². The number of nitro groups is 1. The molecular weight excluding hydrogens is 319 g/mol. The minimum absolute atomic E-state index is 0.0666. The molecule has 1 aromatic carbocycles. The molecule has 2 aliphatic rings. The van der Waals surface area contributed by atoms with Gasteiger partial charge in [0, 0.05) is 16.4 Å². The molecule has 0 radical (unpaired) electrons. The number of anilines is 1. The zero-order chi connectivity index (χ0) is 13.8. The Hall–Kier alpha value is -1.50. The van der Waals surface area contributed by atoms with Gasteiger partial charge in [-0.15, -0.1) is 0 Å². The first kappa shape index (κ1) is 12.5. The van der Waals surface area contributed by atoms with E-state index in [9.17, 15) is 19.3 Å². The van der Waals surface area contributed by atoms with Crippen molar-refractivity contribution >= 4 is 33.2 Å². The Morgan fingerprint density at radius 2 is 2.05 bits per heavy atom. The molecule has 0 atom stereocenters. The summed E-state index contributed by atoms with van der Waals surface area (Å²) in [4.78, 5) is 23.7. The second-order valence-corrected chi connectivity index (χ2v) is 5.88. The molecule has 2 fully saturated rings. The standard InChI is InChI=1S/C12H10BrFN2O3/c13-7-5-8(14)11(16(18)19)9(6-7)15-10(17)1-2-12(15)3-4-12/h5-6H,1-4H2. The molecule has 1 spiro atoms. The van der Waals surface area contributed by atoms with Gasteiger partial charge in [-0.2, -0.15) is 4.39 Å². The molecule has 7 heteroatoms. The molecule has 1 aliphatic heterocycles. The Bertz CT molecular complexity index is 601. The Morgan fingerprint density at radius 1 is 1.37 bits per heavy atom. The van der Waals surface area contributed by atoms with E-state index in [0.29, 0.717) is 17.3 Å². The summed E-state index contributed by atoms with van der Waals surface area (Å²) >= 11 is 3.12. The summed E-state index contributed by atoms with van der Waals surface area (Å²) in [5.41, 5.74) is -0.865. The van der Waals surface area contributed by atoms with Crippen LogP contribution in [-0.2, 0) is 4.79 Å². The summed E-state index contributed by atoms with van der Waals surface area (Å²) in [6, 6.07) is 2.49. The molecule has 0 bridgehead atoms. The van der Waals surface area contributed by atoms with Crippen LogP contribution in [0.1, 0.15) is 25.7 Å². The SMILES string of the molecule is O=C1CCC2(CC2)N1c1cc(Br)cc(F)c1[N+](=O)[O-]. The molecule has 1 heterocycles. The van der Waals surface area contributed by atoms with Crippen molar-refractivity contribution in [1.82, 2.24) is 0 Å². The topological polar surface area (TPSA) is 63.5 Å². The monoisotopic (exact) mass is 328 g/mol. The first-order valence-corrected chi connectivity index (χ1v) is 6.70. The first-order chi connectivity index (χ1) is 8.94. The van der Waals surface area contributed by atoms with Gasteiger partial charge >= 0.3 is 5.69 Å². The third-order valence-corrected chi connectivity index (χ3v) is 4.24. The molecule has 0 unspecified atom stereocenters. The lowest BCUT2D eigenvalue weighted by atomic mass is 10.1. The molecule has 1 aliphatic carbocycles. The van der Waals surface area contributed by atoms with Crippen LogP contribution in [0.3, 0.4) is 0 Å². The van der Waals surface area contributed by atoms with Crippen molar-refractivity contribution in [2.75, 3.05) is 4.90 Å². The van der Waals surface area contributed by atoms with Gasteiger partial charge < -0.3 is 4.90 Å². The number of amides is 1. The van der Waals surface area contributed by atoms with Gasteiger partial charge in [-0.1, -0.05) is 15.9 Å². The molecule has 19 heavy (non-hydrogen) atoms. The van der Waals surface area contributed by atoms with Gasteiger partial charge in [0.1, 0.15) is 5.69 Å². The molecular formula is C12H10BrFN2O3. The van der Waals surface area contributed by atoms with Crippen molar-refractivity contribution < 1.29 is 14.1 Å². The molecule has 100 valence electrons. The van der Waals surface area contributed by atoms with Gasteiger partial charge in [-0.3, -0.25) is 14.9 Å². The number of hydrogen-bond acceptors (Lipinski definition) is 3. The van der Waals surface area contributed by atoms with Crippen molar-refractivity contribution in [3.8, 4) is 0 Å². The van der Waals surface area contributed by atoms with E-state index in [-0.39, 0.29) is 17.1 Å². The van der Waals surface area contributed by atoms with Crippen molar-refractivity contribution in [2.45, 2.75) is 31.2 Å². The van der Waals surface area contributed by atoms with Gasteiger partial charge in [0.2, 0.25) is 11.7 Å². The molecule has 0 aromatic heterocycles. The van der Waals surface area contributed by atoms with Gasteiger partial charge in [0.15, 0.2) is 0 Å². The van der Waals surface area contributed by atoms with E-state index in [1.165, 1.54) is 11.0 Å². The highest BCUT2D eigenvalue weighted by molar-refractivity contribution is 9.10. The van der Waals surface area contributed by atoms with E-state index >= 15 is 0 Å². The van der Waals surface area contributed by atoms with Crippen LogP contribution in [0.15, 0.2) is 16.6 Å². The third-order valence-electron chi connectivity index (χ3n) is 3.79. The quantitative estimate of drug-likeness (QED) is 0.618. The van der Waals surface area contributed by atoms with E-state index in [4.69, 9.17) is 0 Å². The second kappa shape index (κ2) is 4.00. The van der Waals surface area contributed by atoms with Gasteiger partial charge in [-0.05, 0) is 31.4 Å². The molecule has 1 saturated heterocycles. The van der Waals surface area contributed by atoms with E-state index in [1.807, 2.05) is 0 Å². The second-order valence-electron chi connectivity index (χ2n) is 4.97. The zero-order valence-corrected chi connectivity index (χ0v) is 11.4. The number of nitrogens with zero attached hydrogens (tertiary/aromatic N) is 2. The third kappa shape index (κ3) is 1.83. The summed E-state index contributed by atoms with van der Waals surface area (Å²) in [6.45, 7) is 0. The van der Waals surface area contributed by atoms with Crippen molar-refractivity contribution in [3.05, 3.63) is 32.5 Å². The average molecular weight is 329 g/mol. The summed E-state index contributed by atoms with van der Waals surface area (Å²) in [6.07, 6.45) is 2.70. The summed E-state index contributed by atoms with van der Waals surface area (Å²) in [7, 11) is 0. The number of hydrogen-bond donors (Lipinski definition) is 0. The number of carbonyl (C=O) groups excluding carboxylic acids is 1. The Labute approximate surface area is 116 Å². The zero-order valence-electron chi connectivity index (χ0n) is 9.86. The molecule has 1 aromatic rings. The maximum atomic E-state index is 13.8. The highest BCUT2D eigenvalue weighted by Crippen LogP contribution is 2.54. The van der Waals surface area contributed by atoms with E-state index < -0.39 is 16.4 Å². The van der Waals surface area contributed by atoms with Crippen molar-refractivity contribution in [2.24, 2.45) is 0 Å². The normalized spacial score (nSPS) is 20.1. The number of carbonyl (C=O) groups is 1. The lowest BCUT2D eigenvalue weighted by Gasteiger charge is -2.24. The van der Waals surface area contributed by atoms with Crippen LogP contribution in [0.5, 0.6) is 0 Å². The van der Waals surface area contributed by atoms with Crippen LogP contribution in [0.25, 0.3) is 0 Å². The molecule has 0 N–H and O–H groups in total. The highest BCUT2D eigenvalue weighted by Gasteiger charge is 2.56. The van der Waals surface area contributed by atoms with Crippen LogP contribution >= 0.6 is 15.9 Å². The minimum atomic E-state index is -0.926. The largest absolute Gasteiger partial charge is 0.328 e. The molecule has 1 amide bonds. The number of nitro benzene ring substituents is 1. The summed E-state index contributed by atoms with van der Waals surface area (Å²) in [5.74, 6) is -1.09. The molecule has 3 rings (SSSR count). The fourth-order valence-corrected chi connectivity index (χ4v) is 3.16. The van der Waals surface area contributed by atoms with Gasteiger partial charge in [0.05, 0.1) is 4.92 Å². The van der Waals surface area contributed by atoms with Crippen LogP contribution in [-0.4, -0.2) is 16.4 Å². The van der Waals surface area contributed by atoms with Gasteiger partial charge in [-0.25, -0.2) is 0 Å². The lowest BCUT2D eigenvalue weighted by molar-refractivity contribution is -0.386. The predicted octanol–water partition coefficient (Wildman–Crippen LogP) is 3.16. The summed E-state index contributed by atoms with van der Waals surface area (Å²) in [5, 5.41) is 11.1. The number of rotatable bonds is 2.